The molecule has 0 aliphatic heterocycles. The molecule has 1 aromatic carbocycles. The monoisotopic (exact) mass is 417 g/mol. The van der Waals surface area contributed by atoms with E-state index in [2.05, 4.69) is 73.1 Å². The molecule has 1 aromatic heterocycles. The van der Waals surface area contributed by atoms with Crippen LogP contribution in [0.4, 0.5) is 0 Å². The first-order valence-electron chi connectivity index (χ1n) is 6.48. The van der Waals surface area contributed by atoms with Crippen molar-refractivity contribution < 1.29 is 4.74 Å². The van der Waals surface area contributed by atoms with Crippen LogP contribution in [-0.4, -0.2) is 6.61 Å². The fourth-order valence-corrected chi connectivity index (χ4v) is 4.17. The lowest BCUT2D eigenvalue weighted by molar-refractivity contribution is 0.336. The van der Waals surface area contributed by atoms with Gasteiger partial charge in [-0.25, -0.2) is 0 Å². The van der Waals surface area contributed by atoms with Crippen molar-refractivity contribution in [3.05, 3.63) is 49.0 Å². The van der Waals surface area contributed by atoms with Crippen LogP contribution in [0.1, 0.15) is 31.0 Å². The van der Waals surface area contributed by atoms with Crippen molar-refractivity contribution in [2.45, 2.75) is 26.4 Å². The Hall–Kier alpha value is -0.360. The van der Waals surface area contributed by atoms with E-state index in [0.29, 0.717) is 12.6 Å². The molecule has 0 radical (unpaired) electrons. The molecule has 0 bridgehead atoms. The molecule has 1 unspecified atom stereocenters. The van der Waals surface area contributed by atoms with Crippen LogP contribution in [0.3, 0.4) is 0 Å². The Balaban J connectivity index is 2.03. The third-order valence-electron chi connectivity index (χ3n) is 3.00. The van der Waals surface area contributed by atoms with Crippen LogP contribution >= 0.6 is 43.2 Å². The number of nitrogens with one attached hydrogen (secondary N) is 1. The molecule has 2 aromatic rings. The molecule has 20 heavy (non-hydrogen) atoms. The first-order chi connectivity index (χ1) is 9.61. The summed E-state index contributed by atoms with van der Waals surface area (Å²) in [5.41, 5.74) is 2.55. The molecular formula is C15H17Br2NOS. The number of thiophene rings is 1. The molecule has 0 fully saturated rings. The van der Waals surface area contributed by atoms with Gasteiger partial charge in [-0.1, -0.05) is 0 Å². The second-order valence-corrected chi connectivity index (χ2v) is 6.97. The second kappa shape index (κ2) is 7.59. The van der Waals surface area contributed by atoms with Crippen LogP contribution in [-0.2, 0) is 6.54 Å². The average Bonchev–Trinajstić information content (AvgIpc) is 2.94. The molecule has 0 spiro atoms. The summed E-state index contributed by atoms with van der Waals surface area (Å²) in [6.45, 7) is 5.64. The molecule has 0 aliphatic rings. The Bertz CT molecular complexity index is 534. The maximum atomic E-state index is 5.59. The van der Waals surface area contributed by atoms with Crippen LogP contribution in [0, 0.1) is 0 Å². The lowest BCUT2D eigenvalue weighted by Gasteiger charge is -2.14. The summed E-state index contributed by atoms with van der Waals surface area (Å²) in [6, 6.07) is 6.71. The van der Waals surface area contributed by atoms with Crippen molar-refractivity contribution in [3.8, 4) is 5.75 Å². The van der Waals surface area contributed by atoms with E-state index in [1.54, 1.807) is 11.3 Å². The summed E-state index contributed by atoms with van der Waals surface area (Å²) in [5.74, 6) is 0.863. The van der Waals surface area contributed by atoms with Gasteiger partial charge >= 0.3 is 0 Å². The third-order valence-corrected chi connectivity index (χ3v) is 4.88. The Morgan fingerprint density at radius 3 is 2.55 bits per heavy atom. The van der Waals surface area contributed by atoms with Crippen LogP contribution in [0.5, 0.6) is 5.75 Å². The standard InChI is InChI=1S/C15H17Br2NOS/c1-3-19-15-13(16)6-11(7-14(15)17)8-18-10(2)12-4-5-20-9-12/h4-7,9-10,18H,3,8H2,1-2H3. The maximum Gasteiger partial charge on any atom is 0.147 e. The topological polar surface area (TPSA) is 21.3 Å². The molecule has 2 nitrogen and oxygen atoms in total. The number of halogens is 2. The van der Waals surface area contributed by atoms with Crippen molar-refractivity contribution in [3.63, 3.8) is 0 Å². The predicted molar refractivity (Wildman–Crippen MR) is 92.6 cm³/mol. The van der Waals surface area contributed by atoms with Gasteiger partial charge in [0.15, 0.2) is 0 Å². The van der Waals surface area contributed by atoms with Gasteiger partial charge in [-0.05, 0) is 85.8 Å². The maximum absolute atomic E-state index is 5.59. The van der Waals surface area contributed by atoms with Gasteiger partial charge in [-0.2, -0.15) is 11.3 Å². The highest BCUT2D eigenvalue weighted by atomic mass is 79.9. The average molecular weight is 419 g/mol. The zero-order valence-corrected chi connectivity index (χ0v) is 15.4. The van der Waals surface area contributed by atoms with Crippen molar-refractivity contribution in [2.24, 2.45) is 0 Å². The number of rotatable bonds is 6. The SMILES string of the molecule is CCOc1c(Br)cc(CNC(C)c2ccsc2)cc1Br. The molecule has 0 aliphatic carbocycles. The predicted octanol–water partition coefficient (Wildman–Crippen LogP) is 5.52. The summed E-state index contributed by atoms with van der Waals surface area (Å²) in [7, 11) is 0. The Labute approximate surface area is 140 Å². The molecule has 0 amide bonds. The minimum atomic E-state index is 0.352. The van der Waals surface area contributed by atoms with E-state index >= 15 is 0 Å². The van der Waals surface area contributed by atoms with E-state index in [1.165, 1.54) is 11.1 Å². The van der Waals surface area contributed by atoms with Crippen LogP contribution < -0.4 is 10.1 Å². The van der Waals surface area contributed by atoms with E-state index in [0.717, 1.165) is 21.2 Å². The summed E-state index contributed by atoms with van der Waals surface area (Å²) in [4.78, 5) is 0. The molecule has 2 rings (SSSR count). The molecule has 5 heteroatoms. The smallest absolute Gasteiger partial charge is 0.147 e. The normalized spacial score (nSPS) is 12.4. The van der Waals surface area contributed by atoms with Crippen LogP contribution in [0.25, 0.3) is 0 Å². The lowest BCUT2D eigenvalue weighted by atomic mass is 10.1. The van der Waals surface area contributed by atoms with E-state index in [9.17, 15) is 0 Å². The van der Waals surface area contributed by atoms with Gasteiger partial charge in [0.2, 0.25) is 0 Å². The Morgan fingerprint density at radius 1 is 1.30 bits per heavy atom. The first-order valence-corrected chi connectivity index (χ1v) is 9.01. The van der Waals surface area contributed by atoms with E-state index < -0.39 is 0 Å². The third kappa shape index (κ3) is 4.07. The van der Waals surface area contributed by atoms with Gasteiger partial charge in [0, 0.05) is 12.6 Å². The highest BCUT2D eigenvalue weighted by Gasteiger charge is 2.10. The molecule has 0 saturated carbocycles. The Morgan fingerprint density at radius 2 is 2.00 bits per heavy atom. The highest BCUT2D eigenvalue weighted by molar-refractivity contribution is 9.11. The summed E-state index contributed by atoms with van der Waals surface area (Å²) in [6.07, 6.45) is 0. The lowest BCUT2D eigenvalue weighted by Crippen LogP contribution is -2.17. The van der Waals surface area contributed by atoms with Crippen molar-refractivity contribution in [1.82, 2.24) is 5.32 Å². The van der Waals surface area contributed by atoms with Gasteiger partial charge in [0.1, 0.15) is 5.75 Å². The van der Waals surface area contributed by atoms with Crippen molar-refractivity contribution >= 4 is 43.2 Å². The molecular weight excluding hydrogens is 402 g/mol. The van der Waals surface area contributed by atoms with Gasteiger partial charge in [0.25, 0.3) is 0 Å². The molecule has 0 saturated heterocycles. The Kier molecular flexibility index (Phi) is 6.08. The van der Waals surface area contributed by atoms with E-state index in [4.69, 9.17) is 4.74 Å². The van der Waals surface area contributed by atoms with Gasteiger partial charge < -0.3 is 10.1 Å². The number of benzene rings is 1. The molecule has 108 valence electrons. The van der Waals surface area contributed by atoms with Crippen molar-refractivity contribution in [1.29, 1.82) is 0 Å². The quantitative estimate of drug-likeness (QED) is 0.666. The summed E-state index contributed by atoms with van der Waals surface area (Å²) < 4.78 is 7.55. The summed E-state index contributed by atoms with van der Waals surface area (Å²) >= 11 is 8.86. The molecule has 1 N–H and O–H groups in total. The molecule has 1 atom stereocenters. The van der Waals surface area contributed by atoms with Crippen LogP contribution in [0.15, 0.2) is 37.9 Å². The second-order valence-electron chi connectivity index (χ2n) is 4.48. The fourth-order valence-electron chi connectivity index (χ4n) is 1.91. The minimum absolute atomic E-state index is 0.352. The van der Waals surface area contributed by atoms with Gasteiger partial charge in [-0.15, -0.1) is 0 Å². The highest BCUT2D eigenvalue weighted by Crippen LogP contribution is 2.34. The minimum Gasteiger partial charge on any atom is -0.492 e. The van der Waals surface area contributed by atoms with Gasteiger partial charge in [0.05, 0.1) is 15.6 Å². The largest absolute Gasteiger partial charge is 0.492 e. The number of hydrogen-bond acceptors (Lipinski definition) is 3. The molecule has 1 heterocycles. The zero-order chi connectivity index (χ0) is 14.5. The number of ether oxygens (including phenoxy) is 1. The number of hydrogen-bond donors (Lipinski definition) is 1. The van der Waals surface area contributed by atoms with Crippen LogP contribution in [0.2, 0.25) is 0 Å². The van der Waals surface area contributed by atoms with Gasteiger partial charge in [-0.3, -0.25) is 0 Å². The van der Waals surface area contributed by atoms with E-state index in [1.807, 2.05) is 6.92 Å². The fraction of sp³-hybridized carbons (Fsp3) is 0.333. The van der Waals surface area contributed by atoms with E-state index in [-0.39, 0.29) is 0 Å². The summed E-state index contributed by atoms with van der Waals surface area (Å²) in [5, 5.41) is 7.82. The zero-order valence-electron chi connectivity index (χ0n) is 11.5. The first kappa shape index (κ1) is 16.0. The van der Waals surface area contributed by atoms with Crippen molar-refractivity contribution in [2.75, 3.05) is 6.61 Å².